The molecule has 1 rings (SSSR count). The van der Waals surface area contributed by atoms with E-state index >= 15 is 0 Å². The van der Waals surface area contributed by atoms with E-state index in [2.05, 4.69) is 0 Å². The van der Waals surface area contributed by atoms with Crippen LogP contribution in [-0.4, -0.2) is 7.11 Å². The van der Waals surface area contributed by atoms with Gasteiger partial charge in [-0.2, -0.15) is 0 Å². The van der Waals surface area contributed by atoms with E-state index < -0.39 is 0 Å². The number of hydrogen-bond acceptors (Lipinski definition) is 2. The van der Waals surface area contributed by atoms with Crippen molar-refractivity contribution in [1.29, 1.82) is 0 Å². The second-order valence-corrected chi connectivity index (χ2v) is 2.17. The van der Waals surface area contributed by atoms with Crippen LogP contribution in [0.3, 0.4) is 0 Å². The molecule has 0 unspecified atom stereocenters. The van der Waals surface area contributed by atoms with Crippen molar-refractivity contribution in [1.82, 2.24) is 0 Å². The van der Waals surface area contributed by atoms with Gasteiger partial charge in [-0.05, 0) is 17.7 Å². The fourth-order valence-corrected chi connectivity index (χ4v) is 0.781. The molecule has 2 nitrogen and oxygen atoms in total. The molecule has 1 aromatic carbocycles. The van der Waals surface area contributed by atoms with Crippen molar-refractivity contribution in [3.8, 4) is 0 Å². The Balaban J connectivity index is -0.000000105. The monoisotopic (exact) mass is 257 g/mol. The third-order valence-corrected chi connectivity index (χ3v) is 1.29. The Bertz CT molecular complexity index is 195. The van der Waals surface area contributed by atoms with Crippen LogP contribution in [-0.2, 0) is 11.3 Å². The average Bonchev–Trinajstić information content (AvgIpc) is 2.50. The van der Waals surface area contributed by atoms with Crippen LogP contribution in [0.25, 0.3) is 0 Å². The van der Waals surface area contributed by atoms with Crippen LogP contribution >= 0.6 is 0 Å². The van der Waals surface area contributed by atoms with E-state index in [9.17, 15) is 0 Å². The predicted octanol–water partition coefficient (Wildman–Crippen LogP) is 5.52. The molecule has 110 valence electrons. The van der Waals surface area contributed by atoms with Gasteiger partial charge in [0.25, 0.3) is 0 Å². The molecule has 0 atom stereocenters. The molecule has 2 N–H and O–H groups in total. The van der Waals surface area contributed by atoms with Crippen LogP contribution < -0.4 is 5.73 Å². The molecule has 0 fully saturated rings. The highest BCUT2D eigenvalue weighted by molar-refractivity contribution is 5.38. The molecule has 0 aromatic heterocycles. The second-order valence-electron chi connectivity index (χ2n) is 2.17. The minimum atomic E-state index is 0.653. The number of ether oxygens (including phenoxy) is 1. The number of nitrogen functional groups attached to an aromatic ring is 1. The van der Waals surface area contributed by atoms with Crippen molar-refractivity contribution in [3.63, 3.8) is 0 Å². The topological polar surface area (TPSA) is 35.2 Å². The number of anilines is 1. The predicted molar refractivity (Wildman–Crippen MR) is 87.0 cm³/mol. The summed E-state index contributed by atoms with van der Waals surface area (Å²) in [4.78, 5) is 0. The van der Waals surface area contributed by atoms with Gasteiger partial charge >= 0.3 is 0 Å². The van der Waals surface area contributed by atoms with Crippen molar-refractivity contribution in [2.45, 2.75) is 62.0 Å². The van der Waals surface area contributed by atoms with E-state index in [0.717, 1.165) is 11.3 Å². The summed E-state index contributed by atoms with van der Waals surface area (Å²) in [6, 6.07) is 7.65. The highest BCUT2D eigenvalue weighted by Crippen LogP contribution is 2.05. The Morgan fingerprint density at radius 2 is 1.11 bits per heavy atom. The van der Waals surface area contributed by atoms with Gasteiger partial charge in [-0.25, -0.2) is 0 Å². The molecule has 0 amide bonds. The van der Waals surface area contributed by atoms with E-state index in [1.54, 1.807) is 7.11 Å². The van der Waals surface area contributed by atoms with Crippen LogP contribution in [0, 0.1) is 0 Å². The summed E-state index contributed by atoms with van der Waals surface area (Å²) in [5, 5.41) is 0. The van der Waals surface area contributed by atoms with E-state index in [1.807, 2.05) is 79.7 Å². The maximum atomic E-state index is 5.48. The van der Waals surface area contributed by atoms with Gasteiger partial charge in [0.1, 0.15) is 0 Å². The summed E-state index contributed by atoms with van der Waals surface area (Å²) in [5.74, 6) is 0. The lowest BCUT2D eigenvalue weighted by Crippen LogP contribution is -1.88. The molecule has 1 aromatic rings. The van der Waals surface area contributed by atoms with Crippen molar-refractivity contribution in [2.24, 2.45) is 0 Å². The Hall–Kier alpha value is -1.02. The van der Waals surface area contributed by atoms with Crippen LogP contribution in [0.4, 0.5) is 5.69 Å². The Morgan fingerprint density at radius 3 is 1.39 bits per heavy atom. The van der Waals surface area contributed by atoms with Gasteiger partial charge in [0, 0.05) is 12.8 Å². The van der Waals surface area contributed by atoms with Crippen LogP contribution in [0.1, 0.15) is 61.0 Å². The van der Waals surface area contributed by atoms with Crippen LogP contribution in [0.5, 0.6) is 0 Å². The molecular formula is C16H35NO. The van der Waals surface area contributed by atoms with Crippen molar-refractivity contribution < 1.29 is 4.74 Å². The first-order valence-corrected chi connectivity index (χ1v) is 7.16. The fraction of sp³-hybridized carbons (Fsp3) is 0.625. The molecular weight excluding hydrogens is 222 g/mol. The molecule has 18 heavy (non-hydrogen) atoms. The van der Waals surface area contributed by atoms with Crippen molar-refractivity contribution in [3.05, 3.63) is 29.8 Å². The van der Waals surface area contributed by atoms with Crippen molar-refractivity contribution >= 4 is 5.69 Å². The van der Waals surface area contributed by atoms with E-state index in [1.165, 1.54) is 0 Å². The van der Waals surface area contributed by atoms with Gasteiger partial charge in [0.2, 0.25) is 0 Å². The van der Waals surface area contributed by atoms with Crippen molar-refractivity contribution in [2.75, 3.05) is 12.8 Å². The molecule has 2 heteroatoms. The van der Waals surface area contributed by atoms with Gasteiger partial charge in [0.15, 0.2) is 0 Å². The summed E-state index contributed by atoms with van der Waals surface area (Å²) < 4.78 is 4.93. The number of nitrogens with two attached hydrogens (primary N) is 1. The summed E-state index contributed by atoms with van der Waals surface area (Å²) in [5.41, 5.74) is 7.42. The largest absolute Gasteiger partial charge is 0.399 e. The van der Waals surface area contributed by atoms with Gasteiger partial charge in [-0.1, -0.05) is 67.5 Å². The average molecular weight is 257 g/mol. The minimum absolute atomic E-state index is 0.653. The lowest BCUT2D eigenvalue weighted by Gasteiger charge is -1.98. The molecule has 0 spiro atoms. The van der Waals surface area contributed by atoms with E-state index in [4.69, 9.17) is 10.5 Å². The lowest BCUT2D eigenvalue weighted by molar-refractivity contribution is 0.185. The molecule has 0 bridgehead atoms. The summed E-state index contributed by atoms with van der Waals surface area (Å²) in [6.07, 6.45) is 0. The number of rotatable bonds is 2. The molecule has 0 saturated carbocycles. The minimum Gasteiger partial charge on any atom is -0.399 e. The SMILES string of the molecule is CC.CC.CC.CC.COCc1ccc(N)cc1. The summed E-state index contributed by atoms with van der Waals surface area (Å²) >= 11 is 0. The fourth-order valence-electron chi connectivity index (χ4n) is 0.781. The zero-order valence-corrected chi connectivity index (χ0v) is 14.0. The standard InChI is InChI=1S/C8H11NO.4C2H6/c1-10-6-7-2-4-8(9)5-3-7;4*1-2/h2-5H,6,9H2,1H3;4*1-2H3. The van der Waals surface area contributed by atoms with Crippen LogP contribution in [0.2, 0.25) is 0 Å². The molecule has 0 heterocycles. The number of methoxy groups -OCH3 is 1. The molecule has 0 aliphatic rings. The second kappa shape index (κ2) is 29.7. The Labute approximate surface area is 116 Å². The number of hydrogen-bond donors (Lipinski definition) is 1. The number of benzene rings is 1. The summed E-state index contributed by atoms with van der Waals surface area (Å²) in [6.45, 7) is 16.7. The molecule has 0 radical (unpaired) electrons. The molecule has 0 aliphatic carbocycles. The highest BCUT2D eigenvalue weighted by atomic mass is 16.5. The maximum absolute atomic E-state index is 5.48. The third-order valence-electron chi connectivity index (χ3n) is 1.29. The summed E-state index contributed by atoms with van der Waals surface area (Å²) in [7, 11) is 1.68. The Kier molecular flexibility index (Phi) is 42.5. The lowest BCUT2D eigenvalue weighted by atomic mass is 10.2. The molecule has 0 saturated heterocycles. The normalized spacial score (nSPS) is 6.72. The van der Waals surface area contributed by atoms with Crippen LogP contribution in [0.15, 0.2) is 24.3 Å². The van der Waals surface area contributed by atoms with Gasteiger partial charge in [-0.3, -0.25) is 0 Å². The van der Waals surface area contributed by atoms with E-state index in [-0.39, 0.29) is 0 Å². The van der Waals surface area contributed by atoms with Gasteiger partial charge < -0.3 is 10.5 Å². The van der Waals surface area contributed by atoms with E-state index in [0.29, 0.717) is 6.61 Å². The van der Waals surface area contributed by atoms with Gasteiger partial charge in [0.05, 0.1) is 6.61 Å². The highest BCUT2D eigenvalue weighted by Gasteiger charge is 1.88. The first-order chi connectivity index (χ1) is 8.83. The Morgan fingerprint density at radius 1 is 0.778 bits per heavy atom. The zero-order valence-electron chi connectivity index (χ0n) is 14.0. The maximum Gasteiger partial charge on any atom is 0.0713 e. The quantitative estimate of drug-likeness (QED) is 0.708. The zero-order chi connectivity index (χ0) is 15.4. The first kappa shape index (κ1) is 25.7. The smallest absolute Gasteiger partial charge is 0.0713 e. The molecule has 0 aliphatic heterocycles. The first-order valence-electron chi connectivity index (χ1n) is 7.16. The third kappa shape index (κ3) is 20.4. The van der Waals surface area contributed by atoms with Gasteiger partial charge in [-0.15, -0.1) is 0 Å².